The first-order chi connectivity index (χ1) is 27.3. The van der Waals surface area contributed by atoms with Crippen LogP contribution in [0.3, 0.4) is 0 Å². The molecule has 3 N–H and O–H groups in total. The number of benzene rings is 5. The maximum Gasteiger partial charge on any atom is 0.161 e. The number of phenolic OH excluding ortho intramolecular Hbond substituents is 1. The molecule has 5 aromatic carbocycles. The molecule has 2 aliphatic heterocycles. The maximum atomic E-state index is 13.3. The predicted molar refractivity (Wildman–Crippen MR) is 224 cm³/mol. The van der Waals surface area contributed by atoms with E-state index in [0.29, 0.717) is 43.8 Å². The number of rotatable bonds is 14. The van der Waals surface area contributed by atoms with E-state index in [2.05, 4.69) is 59.8 Å². The Hall–Kier alpha value is -5.45. The van der Waals surface area contributed by atoms with Crippen molar-refractivity contribution in [1.29, 1.82) is 0 Å². The molecule has 7 rings (SSSR count). The third-order valence-corrected chi connectivity index (χ3v) is 10.7. The van der Waals surface area contributed by atoms with Crippen LogP contribution in [-0.4, -0.2) is 41.4 Å². The summed E-state index contributed by atoms with van der Waals surface area (Å²) in [6.07, 6.45) is 11.6. The molecule has 2 aliphatic rings. The van der Waals surface area contributed by atoms with Gasteiger partial charge in [0.25, 0.3) is 0 Å². The number of methoxy groups -OCH3 is 1. The van der Waals surface area contributed by atoms with Crippen molar-refractivity contribution < 1.29 is 29.2 Å². The number of phenols is 1. The van der Waals surface area contributed by atoms with Crippen molar-refractivity contribution in [3.8, 4) is 29.3 Å². The summed E-state index contributed by atoms with van der Waals surface area (Å²) >= 11 is 0. The maximum absolute atomic E-state index is 13.3. The van der Waals surface area contributed by atoms with Crippen LogP contribution in [0.25, 0.3) is 10.8 Å². The third-order valence-electron chi connectivity index (χ3n) is 10.7. The van der Waals surface area contributed by atoms with E-state index in [1.54, 1.807) is 13.2 Å². The monoisotopic (exact) mass is 753 g/mol. The van der Waals surface area contributed by atoms with Gasteiger partial charge >= 0.3 is 0 Å². The number of hydrogen-bond acceptors (Lipinski definition) is 7. The van der Waals surface area contributed by atoms with E-state index in [1.165, 1.54) is 11.1 Å². The summed E-state index contributed by atoms with van der Waals surface area (Å²) in [5.74, 6) is 4.74. The van der Waals surface area contributed by atoms with E-state index in [0.717, 1.165) is 84.5 Å². The summed E-state index contributed by atoms with van der Waals surface area (Å²) in [6, 6.07) is 34.3. The van der Waals surface area contributed by atoms with Crippen molar-refractivity contribution in [2.45, 2.75) is 109 Å². The van der Waals surface area contributed by atoms with Crippen LogP contribution < -0.4 is 14.8 Å². The van der Waals surface area contributed by atoms with Gasteiger partial charge in [0, 0.05) is 30.5 Å². The summed E-state index contributed by atoms with van der Waals surface area (Å²) in [5.41, 5.74) is 6.28. The number of fused-ring (bicyclic) bond motifs is 9. The number of aryl methyl sites for hydroxylation is 2. The largest absolute Gasteiger partial charge is 0.508 e. The molecule has 0 radical (unpaired) electrons. The second-order valence-electron chi connectivity index (χ2n) is 15.0. The zero-order chi connectivity index (χ0) is 39.1. The molecular formula is C49H55NO6. The van der Waals surface area contributed by atoms with Gasteiger partial charge in [-0.25, -0.2) is 0 Å². The highest BCUT2D eigenvalue weighted by Crippen LogP contribution is 2.32. The number of aliphatic hydroxyl groups is 1. The molecule has 0 fully saturated rings. The molecule has 6 bridgehead atoms. The number of carbonyl (C=O) groups excluding carboxylic acids is 1. The van der Waals surface area contributed by atoms with Crippen LogP contribution in [0.15, 0.2) is 103 Å². The molecule has 0 amide bonds. The first kappa shape index (κ1) is 40.2. The van der Waals surface area contributed by atoms with Crippen LogP contribution in [0.2, 0.25) is 0 Å². The molecule has 292 valence electrons. The fourth-order valence-electron chi connectivity index (χ4n) is 7.42. The van der Waals surface area contributed by atoms with E-state index in [9.17, 15) is 15.0 Å². The highest BCUT2D eigenvalue weighted by Gasteiger charge is 2.18. The van der Waals surface area contributed by atoms with Crippen LogP contribution >= 0.6 is 0 Å². The van der Waals surface area contributed by atoms with Gasteiger partial charge in [-0.1, -0.05) is 91.9 Å². The van der Waals surface area contributed by atoms with Crippen molar-refractivity contribution in [3.05, 3.63) is 131 Å². The SMILES string of the molecule is COc1ccc2cc1OCc1ccc3c(c(O)ccc3c1)CC#CO[C@@H](CCCCCCCc1cccc(N[C@H](Cc3ccccc3)[C@H](C)O)c1)CC(=O)CC2. The summed E-state index contributed by atoms with van der Waals surface area (Å²) < 4.78 is 17.9. The van der Waals surface area contributed by atoms with Gasteiger partial charge in [-0.05, 0) is 115 Å². The number of aromatic hydroxyl groups is 1. The highest BCUT2D eigenvalue weighted by molar-refractivity contribution is 5.88. The molecule has 2 heterocycles. The minimum Gasteiger partial charge on any atom is -0.508 e. The van der Waals surface area contributed by atoms with Gasteiger partial charge in [0.15, 0.2) is 11.5 Å². The van der Waals surface area contributed by atoms with Gasteiger partial charge in [0.05, 0.1) is 19.3 Å². The molecule has 7 heteroatoms. The molecule has 0 saturated heterocycles. The first-order valence-corrected chi connectivity index (χ1v) is 20.1. The molecule has 0 aromatic heterocycles. The van der Waals surface area contributed by atoms with Crippen molar-refractivity contribution in [3.63, 3.8) is 0 Å². The highest BCUT2D eigenvalue weighted by atomic mass is 16.5. The minimum atomic E-state index is -0.482. The van der Waals surface area contributed by atoms with Crippen LogP contribution in [0.5, 0.6) is 17.2 Å². The molecule has 7 nitrogen and oxygen atoms in total. The predicted octanol–water partition coefficient (Wildman–Crippen LogP) is 9.91. The van der Waals surface area contributed by atoms with Gasteiger partial charge in [-0.15, -0.1) is 0 Å². The number of ketones is 1. The second kappa shape index (κ2) is 20.5. The molecule has 3 atom stereocenters. The standard InChI is InChI=1S/C49H55NO6/c1-35(51)46(31-37-14-8-6-9-15-37)50-41-17-11-16-36(30-41)13-7-4-3-5-10-18-43-33-42(52)24-20-38-22-27-48(54-2)49(32-38)56-34-39-21-25-44-40(29-39)23-26-47(53)45(44)19-12-28-55-43/h6,8-9,11,14-17,21-23,25-27,29-30,32,35,43,46,50-51,53H,3-5,7,10,13,18-20,24,31,33-34H2,1-2H3/t35-,43-,46+/m0/s1. The van der Waals surface area contributed by atoms with E-state index in [-0.39, 0.29) is 23.7 Å². The first-order valence-electron chi connectivity index (χ1n) is 20.1. The Balaban J connectivity index is 1.02. The lowest BCUT2D eigenvalue weighted by Crippen LogP contribution is -2.33. The number of aliphatic hydroxyl groups excluding tert-OH is 1. The lowest BCUT2D eigenvalue weighted by atomic mass is 9.99. The minimum absolute atomic E-state index is 0.0706. The molecule has 0 unspecified atom stereocenters. The van der Waals surface area contributed by atoms with Crippen LogP contribution in [-0.2, 0) is 41.8 Å². The van der Waals surface area contributed by atoms with Gasteiger partial charge in [0.1, 0.15) is 30.4 Å². The van der Waals surface area contributed by atoms with Crippen LogP contribution in [0, 0.1) is 12.0 Å². The summed E-state index contributed by atoms with van der Waals surface area (Å²) in [7, 11) is 1.63. The zero-order valence-corrected chi connectivity index (χ0v) is 32.8. The van der Waals surface area contributed by atoms with Crippen LogP contribution in [0.4, 0.5) is 5.69 Å². The zero-order valence-electron chi connectivity index (χ0n) is 32.8. The average Bonchev–Trinajstić information content (AvgIpc) is 3.21. The number of ether oxygens (including phenoxy) is 3. The van der Waals surface area contributed by atoms with Gasteiger partial charge in [0.2, 0.25) is 0 Å². The molecule has 5 aromatic rings. The Bertz CT molecular complexity index is 2100. The molecular weight excluding hydrogens is 699 g/mol. The van der Waals surface area contributed by atoms with Crippen LogP contribution in [0.1, 0.15) is 86.1 Å². The molecule has 0 aliphatic carbocycles. The number of nitrogens with one attached hydrogen (secondary N) is 1. The van der Waals surface area contributed by atoms with Crippen molar-refractivity contribution >= 4 is 22.2 Å². The van der Waals surface area contributed by atoms with Gasteiger partial charge in [-0.2, -0.15) is 0 Å². The second-order valence-corrected chi connectivity index (χ2v) is 15.0. The average molecular weight is 754 g/mol. The fraction of sp³-hybridized carbons (Fsp3) is 0.367. The fourth-order valence-corrected chi connectivity index (χ4v) is 7.42. The normalized spacial score (nSPS) is 15.7. The Morgan fingerprint density at radius 2 is 1.66 bits per heavy atom. The number of hydrogen-bond donors (Lipinski definition) is 3. The van der Waals surface area contributed by atoms with Crippen molar-refractivity contribution in [2.75, 3.05) is 12.4 Å². The quantitative estimate of drug-likeness (QED) is 0.0768. The number of carbonyl (C=O) groups is 1. The summed E-state index contributed by atoms with van der Waals surface area (Å²) in [6.45, 7) is 2.20. The van der Waals surface area contributed by atoms with Gasteiger partial charge < -0.3 is 29.7 Å². The Morgan fingerprint density at radius 3 is 2.50 bits per heavy atom. The Labute approximate surface area is 332 Å². The Kier molecular flexibility index (Phi) is 14.7. The van der Waals surface area contributed by atoms with E-state index in [1.807, 2.05) is 61.5 Å². The number of Topliss-reactive ketones (excluding diaryl/α,β-unsaturated/α-hetero) is 1. The van der Waals surface area contributed by atoms with Crippen molar-refractivity contribution in [2.24, 2.45) is 0 Å². The van der Waals surface area contributed by atoms with Crippen molar-refractivity contribution in [1.82, 2.24) is 0 Å². The molecule has 0 spiro atoms. The lowest BCUT2D eigenvalue weighted by Gasteiger charge is -2.23. The number of anilines is 1. The topological polar surface area (TPSA) is 97.2 Å². The smallest absolute Gasteiger partial charge is 0.161 e. The Morgan fingerprint density at radius 1 is 0.857 bits per heavy atom. The lowest BCUT2D eigenvalue weighted by molar-refractivity contribution is -0.121. The third kappa shape index (κ3) is 11.8. The summed E-state index contributed by atoms with van der Waals surface area (Å²) in [4.78, 5) is 13.3. The summed E-state index contributed by atoms with van der Waals surface area (Å²) in [5, 5.41) is 26.7. The van der Waals surface area contributed by atoms with Gasteiger partial charge in [-0.3, -0.25) is 4.79 Å². The molecule has 56 heavy (non-hydrogen) atoms. The number of unbranched alkanes of at least 4 members (excludes halogenated alkanes) is 4. The van der Waals surface area contributed by atoms with E-state index < -0.39 is 6.10 Å². The van der Waals surface area contributed by atoms with E-state index >= 15 is 0 Å². The van der Waals surface area contributed by atoms with E-state index in [4.69, 9.17) is 14.2 Å². The molecule has 0 saturated carbocycles.